The van der Waals surface area contributed by atoms with Crippen LogP contribution in [0.25, 0.3) is 0 Å². The SMILES string of the molecule is CCc1cc2c(cc1C(=O)N=C(N)N)S(=O)(=O)CC(C)(C)C2. The molecule has 0 saturated heterocycles. The minimum Gasteiger partial charge on any atom is -0.370 e. The summed E-state index contributed by atoms with van der Waals surface area (Å²) >= 11 is 0. The molecule has 0 aliphatic carbocycles. The van der Waals surface area contributed by atoms with Gasteiger partial charge in [0.25, 0.3) is 5.91 Å². The Morgan fingerprint density at radius 3 is 2.50 bits per heavy atom. The Balaban J connectivity index is 2.67. The van der Waals surface area contributed by atoms with E-state index in [1.54, 1.807) is 6.07 Å². The summed E-state index contributed by atoms with van der Waals surface area (Å²) in [6.45, 7) is 5.76. The molecule has 0 atom stereocenters. The lowest BCUT2D eigenvalue weighted by molar-refractivity contribution is 0.100. The Morgan fingerprint density at radius 1 is 1.32 bits per heavy atom. The van der Waals surface area contributed by atoms with Crippen LogP contribution in [-0.4, -0.2) is 26.0 Å². The van der Waals surface area contributed by atoms with Crippen molar-refractivity contribution in [3.05, 3.63) is 28.8 Å². The Kier molecular flexibility index (Phi) is 4.04. The second-order valence-corrected chi connectivity index (χ2v) is 8.37. The van der Waals surface area contributed by atoms with Crippen LogP contribution in [0, 0.1) is 5.41 Å². The van der Waals surface area contributed by atoms with Crippen molar-refractivity contribution in [2.45, 2.75) is 38.5 Å². The molecular weight excluding hydrogens is 302 g/mol. The topological polar surface area (TPSA) is 116 Å². The molecule has 22 heavy (non-hydrogen) atoms. The molecule has 6 nitrogen and oxygen atoms in total. The average Bonchev–Trinajstić information content (AvgIpc) is 2.33. The van der Waals surface area contributed by atoms with Crippen molar-refractivity contribution in [1.29, 1.82) is 0 Å². The number of rotatable bonds is 2. The summed E-state index contributed by atoms with van der Waals surface area (Å²) in [6, 6.07) is 3.22. The predicted molar refractivity (Wildman–Crippen MR) is 85.5 cm³/mol. The molecular formula is C15H21N3O3S. The van der Waals surface area contributed by atoms with E-state index in [2.05, 4.69) is 4.99 Å². The lowest BCUT2D eigenvalue weighted by Gasteiger charge is -2.31. The van der Waals surface area contributed by atoms with Gasteiger partial charge in [0, 0.05) is 5.56 Å². The van der Waals surface area contributed by atoms with Gasteiger partial charge < -0.3 is 11.5 Å². The minimum atomic E-state index is -3.42. The van der Waals surface area contributed by atoms with Crippen LogP contribution >= 0.6 is 0 Å². The number of benzene rings is 1. The van der Waals surface area contributed by atoms with Gasteiger partial charge in [-0.3, -0.25) is 4.79 Å². The summed E-state index contributed by atoms with van der Waals surface area (Å²) in [7, 11) is -3.42. The van der Waals surface area contributed by atoms with Gasteiger partial charge in [0.2, 0.25) is 0 Å². The first kappa shape index (κ1) is 16.5. The standard InChI is InChI=1S/C15H21N3O3S/c1-4-9-5-10-7-15(2,3)8-22(20,21)12(10)6-11(9)13(19)18-14(16)17/h5-6H,4,7-8H2,1-3H3,(H4,16,17,18,19). The zero-order chi connectivity index (χ0) is 16.7. The van der Waals surface area contributed by atoms with E-state index in [0.29, 0.717) is 12.8 Å². The van der Waals surface area contributed by atoms with Crippen molar-refractivity contribution >= 4 is 21.7 Å². The molecule has 120 valence electrons. The maximum atomic E-state index is 12.5. The van der Waals surface area contributed by atoms with E-state index < -0.39 is 15.7 Å². The summed E-state index contributed by atoms with van der Waals surface area (Å²) in [4.78, 5) is 15.9. The molecule has 1 aliphatic heterocycles. The van der Waals surface area contributed by atoms with Crippen LogP contribution in [0.1, 0.15) is 42.3 Å². The van der Waals surface area contributed by atoms with E-state index in [9.17, 15) is 13.2 Å². The van der Waals surface area contributed by atoms with Gasteiger partial charge in [-0.2, -0.15) is 4.99 Å². The fourth-order valence-corrected chi connectivity index (χ4v) is 5.05. The van der Waals surface area contributed by atoms with Crippen LogP contribution in [0.3, 0.4) is 0 Å². The van der Waals surface area contributed by atoms with E-state index in [-0.39, 0.29) is 27.6 Å². The number of nitrogens with zero attached hydrogens (tertiary/aromatic N) is 1. The molecule has 1 aromatic rings. The van der Waals surface area contributed by atoms with Crippen molar-refractivity contribution in [2.75, 3.05) is 5.75 Å². The van der Waals surface area contributed by atoms with Gasteiger partial charge >= 0.3 is 0 Å². The van der Waals surface area contributed by atoms with Gasteiger partial charge in [0.1, 0.15) is 0 Å². The fourth-order valence-electron chi connectivity index (χ4n) is 2.93. The van der Waals surface area contributed by atoms with Crippen molar-refractivity contribution in [3.8, 4) is 0 Å². The second kappa shape index (κ2) is 5.39. The maximum Gasteiger partial charge on any atom is 0.280 e. The van der Waals surface area contributed by atoms with Crippen LogP contribution < -0.4 is 11.5 Å². The monoisotopic (exact) mass is 323 g/mol. The summed E-state index contributed by atoms with van der Waals surface area (Å²) in [5.41, 5.74) is 11.9. The first-order valence-electron chi connectivity index (χ1n) is 7.08. The van der Waals surface area contributed by atoms with Gasteiger partial charge in [-0.15, -0.1) is 0 Å². The Morgan fingerprint density at radius 2 is 1.95 bits per heavy atom. The zero-order valence-corrected chi connectivity index (χ0v) is 13.8. The fraction of sp³-hybridized carbons (Fsp3) is 0.467. The van der Waals surface area contributed by atoms with E-state index in [1.807, 2.05) is 20.8 Å². The predicted octanol–water partition coefficient (Wildman–Crippen LogP) is 1.02. The number of carbonyl (C=O) groups is 1. The van der Waals surface area contributed by atoms with Crippen LogP contribution in [0.15, 0.2) is 22.0 Å². The van der Waals surface area contributed by atoms with Crippen LogP contribution in [-0.2, 0) is 22.7 Å². The number of guanidine groups is 1. The lowest BCUT2D eigenvalue weighted by atomic mass is 9.86. The highest BCUT2D eigenvalue weighted by atomic mass is 32.2. The normalized spacial score (nSPS) is 18.3. The molecule has 1 amide bonds. The molecule has 0 unspecified atom stereocenters. The van der Waals surface area contributed by atoms with Crippen molar-refractivity contribution in [1.82, 2.24) is 0 Å². The Labute approximate surface area is 130 Å². The average molecular weight is 323 g/mol. The quantitative estimate of drug-likeness (QED) is 0.622. The number of aliphatic imine (C=N–C) groups is 1. The Bertz CT molecular complexity index is 760. The number of carbonyl (C=O) groups excluding carboxylic acids is 1. The van der Waals surface area contributed by atoms with Gasteiger partial charge in [0.15, 0.2) is 15.8 Å². The summed E-state index contributed by atoms with van der Waals surface area (Å²) < 4.78 is 25.0. The number of nitrogens with two attached hydrogens (primary N) is 2. The molecule has 0 saturated carbocycles. The largest absolute Gasteiger partial charge is 0.370 e. The van der Waals surface area contributed by atoms with Crippen LogP contribution in [0.4, 0.5) is 0 Å². The van der Waals surface area contributed by atoms with Crippen LogP contribution in [0.2, 0.25) is 0 Å². The molecule has 0 bridgehead atoms. The minimum absolute atomic E-state index is 0.0639. The van der Waals surface area contributed by atoms with Gasteiger partial charge in [-0.25, -0.2) is 8.42 Å². The van der Waals surface area contributed by atoms with E-state index in [0.717, 1.165) is 11.1 Å². The Hall–Kier alpha value is -1.89. The third-order valence-electron chi connectivity index (χ3n) is 3.71. The molecule has 0 spiro atoms. The number of aryl methyl sites for hydroxylation is 1. The van der Waals surface area contributed by atoms with Gasteiger partial charge in [-0.05, 0) is 35.4 Å². The van der Waals surface area contributed by atoms with E-state index in [1.165, 1.54) is 6.07 Å². The van der Waals surface area contributed by atoms with E-state index >= 15 is 0 Å². The molecule has 1 heterocycles. The highest BCUT2D eigenvalue weighted by Crippen LogP contribution is 2.37. The first-order valence-corrected chi connectivity index (χ1v) is 8.73. The zero-order valence-electron chi connectivity index (χ0n) is 13.0. The summed E-state index contributed by atoms with van der Waals surface area (Å²) in [5.74, 6) is -0.887. The third kappa shape index (κ3) is 3.14. The molecule has 2 rings (SSSR count). The number of sulfone groups is 1. The van der Waals surface area contributed by atoms with Gasteiger partial charge in [0.05, 0.1) is 10.6 Å². The molecule has 0 fully saturated rings. The van der Waals surface area contributed by atoms with Crippen molar-refractivity contribution in [3.63, 3.8) is 0 Å². The highest BCUT2D eigenvalue weighted by Gasteiger charge is 2.36. The number of hydrogen-bond donors (Lipinski definition) is 2. The smallest absolute Gasteiger partial charge is 0.280 e. The number of amides is 1. The number of hydrogen-bond acceptors (Lipinski definition) is 3. The molecule has 1 aliphatic rings. The molecule has 1 aromatic carbocycles. The summed E-state index contributed by atoms with van der Waals surface area (Å²) in [5, 5.41) is 0. The van der Waals surface area contributed by atoms with Crippen molar-refractivity contribution < 1.29 is 13.2 Å². The molecule has 0 radical (unpaired) electrons. The van der Waals surface area contributed by atoms with Crippen LogP contribution in [0.5, 0.6) is 0 Å². The molecule has 0 aromatic heterocycles. The second-order valence-electron chi connectivity index (χ2n) is 6.41. The first-order chi connectivity index (χ1) is 10.1. The molecule has 4 N–H and O–H groups in total. The van der Waals surface area contributed by atoms with Crippen molar-refractivity contribution in [2.24, 2.45) is 21.9 Å². The highest BCUT2D eigenvalue weighted by molar-refractivity contribution is 7.91. The maximum absolute atomic E-state index is 12.5. The molecule has 7 heteroatoms. The lowest BCUT2D eigenvalue weighted by Crippen LogP contribution is -2.32. The third-order valence-corrected chi connectivity index (χ3v) is 5.92. The van der Waals surface area contributed by atoms with E-state index in [4.69, 9.17) is 11.5 Å². The number of fused-ring (bicyclic) bond motifs is 1. The summed E-state index contributed by atoms with van der Waals surface area (Å²) in [6.07, 6.45) is 1.25. The van der Waals surface area contributed by atoms with Gasteiger partial charge in [-0.1, -0.05) is 26.8 Å².